The number of hydrogen-bond donors (Lipinski definition) is 0. The number of carbonyl (C=O) groups excluding carboxylic acids is 1. The smallest absolute Gasteiger partial charge is 0.275 e. The van der Waals surface area contributed by atoms with Gasteiger partial charge in [-0.1, -0.05) is 0 Å². The molecule has 0 aromatic rings. The predicted molar refractivity (Wildman–Crippen MR) is 37.4 cm³/mol. The molecule has 0 aliphatic heterocycles. The molecule has 0 aromatic carbocycles. The molecule has 6 heteroatoms. The highest BCUT2D eigenvalue weighted by Gasteiger charge is 2.59. The van der Waals surface area contributed by atoms with Crippen molar-refractivity contribution in [2.75, 3.05) is 14.2 Å². The number of hydroxylamine groups is 2. The van der Waals surface area contributed by atoms with Gasteiger partial charge in [0.2, 0.25) is 5.91 Å². The molecule has 76 valence electrons. The first-order chi connectivity index (χ1) is 5.88. The lowest BCUT2D eigenvalue weighted by Crippen LogP contribution is -2.29. The third-order valence-corrected chi connectivity index (χ3v) is 2.11. The van der Waals surface area contributed by atoms with Crippen molar-refractivity contribution in [3.63, 3.8) is 0 Å². The lowest BCUT2D eigenvalue weighted by Gasteiger charge is -2.13. The Morgan fingerprint density at radius 2 is 2.08 bits per heavy atom. The quantitative estimate of drug-likeness (QED) is 0.622. The van der Waals surface area contributed by atoms with Crippen molar-refractivity contribution in [1.82, 2.24) is 5.06 Å². The lowest BCUT2D eigenvalue weighted by molar-refractivity contribution is -0.178. The van der Waals surface area contributed by atoms with Gasteiger partial charge in [-0.05, 0) is 6.42 Å². The molecular formula is C7H10F3NO2. The van der Waals surface area contributed by atoms with E-state index in [2.05, 4.69) is 4.84 Å². The van der Waals surface area contributed by atoms with Crippen LogP contribution in [0.5, 0.6) is 0 Å². The first kappa shape index (κ1) is 10.3. The van der Waals surface area contributed by atoms with Crippen LogP contribution in [0.25, 0.3) is 0 Å². The zero-order valence-corrected chi connectivity index (χ0v) is 7.26. The van der Waals surface area contributed by atoms with Gasteiger partial charge in [0.1, 0.15) is 0 Å². The Balaban J connectivity index is 2.47. The minimum absolute atomic E-state index is 0.115. The first-order valence-electron chi connectivity index (χ1n) is 3.76. The van der Waals surface area contributed by atoms with Gasteiger partial charge in [-0.3, -0.25) is 9.63 Å². The number of nitrogens with zero attached hydrogens (tertiary/aromatic N) is 1. The molecule has 0 N–H and O–H groups in total. The van der Waals surface area contributed by atoms with E-state index in [0.717, 1.165) is 5.06 Å². The predicted octanol–water partition coefficient (Wildman–Crippen LogP) is 1.20. The van der Waals surface area contributed by atoms with Crippen LogP contribution in [0.15, 0.2) is 0 Å². The summed E-state index contributed by atoms with van der Waals surface area (Å²) < 4.78 is 36.0. The molecule has 0 heterocycles. The van der Waals surface area contributed by atoms with E-state index < -0.39 is 23.9 Å². The van der Waals surface area contributed by atoms with Crippen molar-refractivity contribution in [2.45, 2.75) is 12.6 Å². The average molecular weight is 197 g/mol. The number of alkyl halides is 3. The minimum atomic E-state index is -4.26. The summed E-state index contributed by atoms with van der Waals surface area (Å²) in [6.45, 7) is 0. The molecule has 0 bridgehead atoms. The summed E-state index contributed by atoms with van der Waals surface area (Å²) in [5.41, 5.74) is 0. The molecule has 0 saturated heterocycles. The average Bonchev–Trinajstić information content (AvgIpc) is 2.79. The summed E-state index contributed by atoms with van der Waals surface area (Å²) in [5, 5.41) is 0.830. The first-order valence-corrected chi connectivity index (χ1v) is 3.76. The zero-order chi connectivity index (χ0) is 10.2. The highest BCUT2D eigenvalue weighted by Crippen LogP contribution is 2.50. The molecule has 2 atom stereocenters. The molecule has 1 fully saturated rings. The second-order valence-electron chi connectivity index (χ2n) is 3.01. The molecule has 13 heavy (non-hydrogen) atoms. The maximum absolute atomic E-state index is 12.0. The Morgan fingerprint density at radius 3 is 2.38 bits per heavy atom. The van der Waals surface area contributed by atoms with Crippen LogP contribution in [-0.4, -0.2) is 31.3 Å². The van der Waals surface area contributed by atoms with Crippen LogP contribution in [0.1, 0.15) is 6.42 Å². The summed E-state index contributed by atoms with van der Waals surface area (Å²) >= 11 is 0. The second kappa shape index (κ2) is 3.17. The highest BCUT2D eigenvalue weighted by molar-refractivity contribution is 5.80. The van der Waals surface area contributed by atoms with Crippen LogP contribution in [0.2, 0.25) is 0 Å². The second-order valence-corrected chi connectivity index (χ2v) is 3.01. The van der Waals surface area contributed by atoms with Gasteiger partial charge in [-0.2, -0.15) is 13.2 Å². The molecule has 1 aliphatic carbocycles. The molecule has 0 aromatic heterocycles. The fraction of sp³-hybridized carbons (Fsp3) is 0.857. The summed E-state index contributed by atoms with van der Waals surface area (Å²) in [6, 6.07) is 0. The summed E-state index contributed by atoms with van der Waals surface area (Å²) in [6.07, 6.45) is -4.37. The van der Waals surface area contributed by atoms with Gasteiger partial charge >= 0.3 is 6.18 Å². The lowest BCUT2D eigenvalue weighted by atomic mass is 10.3. The summed E-state index contributed by atoms with van der Waals surface area (Å²) in [7, 11) is 2.54. The highest BCUT2D eigenvalue weighted by atomic mass is 19.4. The minimum Gasteiger partial charge on any atom is -0.275 e. The molecule has 1 amide bonds. The van der Waals surface area contributed by atoms with Crippen LogP contribution >= 0.6 is 0 Å². The normalized spacial score (nSPS) is 27.2. The number of carbonyl (C=O) groups is 1. The fourth-order valence-electron chi connectivity index (χ4n) is 1.15. The van der Waals surface area contributed by atoms with E-state index in [0.29, 0.717) is 0 Å². The molecule has 3 nitrogen and oxygen atoms in total. The SMILES string of the molecule is CON(C)C(=O)[C@H]1C[C@H]1C(F)(F)F. The summed E-state index contributed by atoms with van der Waals surface area (Å²) in [5.74, 6) is -3.02. The van der Waals surface area contributed by atoms with Crippen molar-refractivity contribution in [2.24, 2.45) is 11.8 Å². The molecule has 0 unspecified atom stereocenters. The molecule has 0 spiro atoms. The van der Waals surface area contributed by atoms with Crippen LogP contribution < -0.4 is 0 Å². The molecule has 1 aliphatic rings. The van der Waals surface area contributed by atoms with Crippen molar-refractivity contribution in [3.05, 3.63) is 0 Å². The number of amides is 1. The Morgan fingerprint density at radius 1 is 1.54 bits per heavy atom. The third-order valence-electron chi connectivity index (χ3n) is 2.11. The van der Waals surface area contributed by atoms with E-state index in [9.17, 15) is 18.0 Å². The summed E-state index contributed by atoms with van der Waals surface area (Å²) in [4.78, 5) is 15.6. The monoisotopic (exact) mass is 197 g/mol. The maximum Gasteiger partial charge on any atom is 0.392 e. The zero-order valence-electron chi connectivity index (χ0n) is 7.26. The van der Waals surface area contributed by atoms with Crippen LogP contribution in [-0.2, 0) is 9.63 Å². The Hall–Kier alpha value is -0.780. The van der Waals surface area contributed by atoms with Crippen molar-refractivity contribution >= 4 is 5.91 Å². The van der Waals surface area contributed by atoms with E-state index in [4.69, 9.17) is 0 Å². The van der Waals surface area contributed by atoms with Gasteiger partial charge in [-0.15, -0.1) is 0 Å². The third kappa shape index (κ3) is 2.12. The van der Waals surface area contributed by atoms with Crippen LogP contribution in [0, 0.1) is 11.8 Å². The molecule has 0 radical (unpaired) electrons. The van der Waals surface area contributed by atoms with Crippen LogP contribution in [0.4, 0.5) is 13.2 Å². The number of hydrogen-bond acceptors (Lipinski definition) is 2. The van der Waals surface area contributed by atoms with E-state index in [1.807, 2.05) is 0 Å². The molecular weight excluding hydrogens is 187 g/mol. The van der Waals surface area contributed by atoms with E-state index in [-0.39, 0.29) is 6.42 Å². The molecule has 1 rings (SSSR count). The van der Waals surface area contributed by atoms with Crippen molar-refractivity contribution in [1.29, 1.82) is 0 Å². The van der Waals surface area contributed by atoms with Crippen LogP contribution in [0.3, 0.4) is 0 Å². The Labute approximate surface area is 73.4 Å². The van der Waals surface area contributed by atoms with Gasteiger partial charge in [0.05, 0.1) is 18.9 Å². The Kier molecular flexibility index (Phi) is 2.51. The number of rotatable bonds is 2. The van der Waals surface area contributed by atoms with E-state index in [1.54, 1.807) is 0 Å². The standard InChI is InChI=1S/C7H10F3NO2/c1-11(13-2)6(12)4-3-5(4)7(8,9)10/h4-5H,3H2,1-2H3/t4-,5+/m0/s1. The fourth-order valence-corrected chi connectivity index (χ4v) is 1.15. The number of halogens is 3. The van der Waals surface area contributed by atoms with Crippen molar-refractivity contribution in [3.8, 4) is 0 Å². The van der Waals surface area contributed by atoms with Gasteiger partial charge in [-0.25, -0.2) is 5.06 Å². The van der Waals surface area contributed by atoms with E-state index in [1.165, 1.54) is 14.2 Å². The van der Waals surface area contributed by atoms with Crippen molar-refractivity contribution < 1.29 is 22.8 Å². The van der Waals surface area contributed by atoms with E-state index >= 15 is 0 Å². The van der Waals surface area contributed by atoms with Gasteiger partial charge in [0.15, 0.2) is 0 Å². The van der Waals surface area contributed by atoms with Gasteiger partial charge in [0, 0.05) is 7.05 Å². The largest absolute Gasteiger partial charge is 0.392 e. The van der Waals surface area contributed by atoms with Gasteiger partial charge < -0.3 is 0 Å². The van der Waals surface area contributed by atoms with Gasteiger partial charge in [0.25, 0.3) is 0 Å². The molecule has 1 saturated carbocycles. The topological polar surface area (TPSA) is 29.5 Å². The Bertz CT molecular complexity index is 216. The maximum atomic E-state index is 12.0.